The number of aryl methyl sites for hydroxylation is 1. The molecule has 0 radical (unpaired) electrons. The topological polar surface area (TPSA) is 17.1 Å². The summed E-state index contributed by atoms with van der Waals surface area (Å²) in [6, 6.07) is 10.2. The average molecular weight is 164 g/mol. The highest BCUT2D eigenvalue weighted by atomic mass is 16.1. The van der Waals surface area contributed by atoms with E-state index in [1.807, 2.05) is 18.2 Å². The molecule has 0 saturated carbocycles. The van der Waals surface area contributed by atoms with Crippen LogP contribution in [0.4, 0.5) is 0 Å². The van der Waals surface area contributed by atoms with E-state index in [1.165, 1.54) is 5.56 Å². The molecule has 0 aliphatic carbocycles. The number of benzene rings is 1. The van der Waals surface area contributed by atoms with Crippen molar-refractivity contribution in [3.05, 3.63) is 35.9 Å². The fourth-order valence-electron chi connectivity index (χ4n) is 1.03. The van der Waals surface area contributed by atoms with Gasteiger partial charge in [-0.1, -0.05) is 37.8 Å². The van der Waals surface area contributed by atoms with Gasteiger partial charge in [-0.3, -0.25) is 0 Å². The molecule has 0 aliphatic heterocycles. The molecule has 0 saturated heterocycles. The molecule has 0 N–H and O–H groups in total. The Kier molecular flexibility index (Phi) is 5.98. The Morgan fingerprint density at radius 3 is 2.42 bits per heavy atom. The van der Waals surface area contributed by atoms with E-state index in [4.69, 9.17) is 0 Å². The number of aldehydes is 1. The number of carbonyl (C=O) groups excluding carboxylic acids is 1. The monoisotopic (exact) mass is 164 g/mol. The van der Waals surface area contributed by atoms with Gasteiger partial charge in [-0.05, 0) is 18.4 Å². The molecule has 0 heterocycles. The smallest absolute Gasteiger partial charge is 0.120 e. The summed E-state index contributed by atoms with van der Waals surface area (Å²) in [5.74, 6) is 0. The fourth-order valence-corrected chi connectivity index (χ4v) is 1.03. The molecule has 0 fully saturated rings. The minimum absolute atomic E-state index is 0. The van der Waals surface area contributed by atoms with E-state index in [2.05, 4.69) is 12.1 Å². The number of hydrogen-bond acceptors (Lipinski definition) is 1. The van der Waals surface area contributed by atoms with Crippen LogP contribution in [0.5, 0.6) is 0 Å². The van der Waals surface area contributed by atoms with E-state index < -0.39 is 0 Å². The molecule has 0 unspecified atom stereocenters. The van der Waals surface area contributed by atoms with Crippen LogP contribution in [0.3, 0.4) is 0 Å². The first-order valence-corrected chi connectivity index (χ1v) is 3.91. The van der Waals surface area contributed by atoms with Crippen LogP contribution in [0.25, 0.3) is 0 Å². The van der Waals surface area contributed by atoms with Crippen molar-refractivity contribution in [3.63, 3.8) is 0 Å². The van der Waals surface area contributed by atoms with E-state index in [9.17, 15) is 4.79 Å². The molecule has 1 nitrogen and oxygen atoms in total. The van der Waals surface area contributed by atoms with Gasteiger partial charge in [-0.25, -0.2) is 0 Å². The highest BCUT2D eigenvalue weighted by molar-refractivity contribution is 5.49. The molecule has 0 bridgehead atoms. The van der Waals surface area contributed by atoms with Crippen LogP contribution in [0, 0.1) is 0 Å². The van der Waals surface area contributed by atoms with Gasteiger partial charge in [0, 0.05) is 6.42 Å². The van der Waals surface area contributed by atoms with Crippen LogP contribution < -0.4 is 0 Å². The first-order valence-electron chi connectivity index (χ1n) is 3.91. The Balaban J connectivity index is 0.00000121. The Morgan fingerprint density at radius 2 is 1.83 bits per heavy atom. The lowest BCUT2D eigenvalue weighted by atomic mass is 10.1. The third-order valence-corrected chi connectivity index (χ3v) is 1.63. The summed E-state index contributed by atoms with van der Waals surface area (Å²) in [5, 5.41) is 0. The number of unbranched alkanes of at least 4 members (excludes halogenated alkanes) is 1. The lowest BCUT2D eigenvalue weighted by Crippen LogP contribution is -1.84. The summed E-state index contributed by atoms with van der Waals surface area (Å²) in [6.45, 7) is 0. The van der Waals surface area contributed by atoms with Gasteiger partial charge in [-0.2, -0.15) is 0 Å². The Hall–Kier alpha value is -1.11. The minimum Gasteiger partial charge on any atom is -0.303 e. The van der Waals surface area contributed by atoms with Crippen molar-refractivity contribution in [2.45, 2.75) is 26.7 Å². The normalized spacial score (nSPS) is 8.67. The van der Waals surface area contributed by atoms with Crippen molar-refractivity contribution in [1.29, 1.82) is 0 Å². The van der Waals surface area contributed by atoms with Crippen LogP contribution >= 0.6 is 0 Å². The predicted molar refractivity (Wildman–Crippen MR) is 52.2 cm³/mol. The van der Waals surface area contributed by atoms with Gasteiger partial charge in [0.2, 0.25) is 0 Å². The lowest BCUT2D eigenvalue weighted by molar-refractivity contribution is -0.107. The zero-order valence-electron chi connectivity index (χ0n) is 6.49. The number of hydrogen-bond donors (Lipinski definition) is 0. The molecule has 12 heavy (non-hydrogen) atoms. The summed E-state index contributed by atoms with van der Waals surface area (Å²) in [6.07, 6.45) is 3.63. The molecular formula is C11H16O. The van der Waals surface area contributed by atoms with Gasteiger partial charge in [0.15, 0.2) is 0 Å². The Labute approximate surface area is 74.4 Å². The molecule has 1 rings (SSSR count). The zero-order chi connectivity index (χ0) is 7.94. The van der Waals surface area contributed by atoms with Gasteiger partial charge in [0.05, 0.1) is 0 Å². The summed E-state index contributed by atoms with van der Waals surface area (Å²) >= 11 is 0. The van der Waals surface area contributed by atoms with Crippen LogP contribution in [0.2, 0.25) is 0 Å². The summed E-state index contributed by atoms with van der Waals surface area (Å²) in [5.41, 5.74) is 1.31. The van der Waals surface area contributed by atoms with E-state index in [0.29, 0.717) is 6.42 Å². The quantitative estimate of drug-likeness (QED) is 0.494. The standard InChI is InChI=1S/C10H12O.CH4/c11-9-5-4-8-10-6-2-1-3-7-10;/h1-3,6-7,9H,4-5,8H2;1H4. The third kappa shape index (κ3) is 3.91. The summed E-state index contributed by atoms with van der Waals surface area (Å²) in [4.78, 5) is 10.00. The van der Waals surface area contributed by atoms with E-state index in [-0.39, 0.29) is 7.43 Å². The molecule has 1 aromatic carbocycles. The second-order valence-electron chi connectivity index (χ2n) is 2.54. The Morgan fingerprint density at radius 1 is 1.17 bits per heavy atom. The first kappa shape index (κ1) is 10.9. The molecule has 66 valence electrons. The second-order valence-corrected chi connectivity index (χ2v) is 2.54. The van der Waals surface area contributed by atoms with Gasteiger partial charge in [-0.15, -0.1) is 0 Å². The SMILES string of the molecule is C.O=CCCCc1ccccc1. The van der Waals surface area contributed by atoms with Crippen molar-refractivity contribution in [2.75, 3.05) is 0 Å². The van der Waals surface area contributed by atoms with Crippen molar-refractivity contribution in [1.82, 2.24) is 0 Å². The van der Waals surface area contributed by atoms with E-state index in [0.717, 1.165) is 19.1 Å². The third-order valence-electron chi connectivity index (χ3n) is 1.63. The molecule has 1 heteroatoms. The maximum absolute atomic E-state index is 10.00. The van der Waals surface area contributed by atoms with Gasteiger partial charge < -0.3 is 4.79 Å². The van der Waals surface area contributed by atoms with Gasteiger partial charge in [0.25, 0.3) is 0 Å². The van der Waals surface area contributed by atoms with Crippen molar-refractivity contribution in [2.24, 2.45) is 0 Å². The lowest BCUT2D eigenvalue weighted by Gasteiger charge is -1.96. The molecule has 0 aromatic heterocycles. The van der Waals surface area contributed by atoms with Crippen LogP contribution in [-0.2, 0) is 11.2 Å². The highest BCUT2D eigenvalue weighted by Gasteiger charge is 1.89. The summed E-state index contributed by atoms with van der Waals surface area (Å²) < 4.78 is 0. The van der Waals surface area contributed by atoms with Crippen molar-refractivity contribution >= 4 is 6.29 Å². The molecule has 0 amide bonds. The summed E-state index contributed by atoms with van der Waals surface area (Å²) in [7, 11) is 0. The highest BCUT2D eigenvalue weighted by Crippen LogP contribution is 2.02. The number of rotatable bonds is 4. The number of carbonyl (C=O) groups is 1. The predicted octanol–water partition coefficient (Wildman–Crippen LogP) is 2.84. The van der Waals surface area contributed by atoms with Crippen molar-refractivity contribution in [3.8, 4) is 0 Å². The second kappa shape index (κ2) is 6.59. The largest absolute Gasteiger partial charge is 0.303 e. The average Bonchev–Trinajstić information content (AvgIpc) is 2.07. The molecule has 0 atom stereocenters. The van der Waals surface area contributed by atoms with Crippen LogP contribution in [0.15, 0.2) is 30.3 Å². The maximum Gasteiger partial charge on any atom is 0.120 e. The molecular weight excluding hydrogens is 148 g/mol. The fraction of sp³-hybridized carbons (Fsp3) is 0.364. The molecule has 1 aromatic rings. The minimum atomic E-state index is 0. The van der Waals surface area contributed by atoms with Gasteiger partial charge in [0.1, 0.15) is 6.29 Å². The van der Waals surface area contributed by atoms with Gasteiger partial charge >= 0.3 is 0 Å². The molecule has 0 spiro atoms. The zero-order valence-corrected chi connectivity index (χ0v) is 6.49. The van der Waals surface area contributed by atoms with Crippen molar-refractivity contribution < 1.29 is 4.79 Å². The van der Waals surface area contributed by atoms with Crippen LogP contribution in [-0.4, -0.2) is 6.29 Å². The van der Waals surface area contributed by atoms with E-state index in [1.54, 1.807) is 0 Å². The van der Waals surface area contributed by atoms with E-state index >= 15 is 0 Å². The van der Waals surface area contributed by atoms with Crippen LogP contribution in [0.1, 0.15) is 25.8 Å². The Bertz CT molecular complexity index is 204. The molecule has 0 aliphatic rings. The maximum atomic E-state index is 10.00. The first-order chi connectivity index (χ1) is 5.43.